The first-order valence-corrected chi connectivity index (χ1v) is 9.95. The van der Waals surface area contributed by atoms with Gasteiger partial charge >= 0.3 is 0 Å². The minimum Gasteiger partial charge on any atom is -0.543 e. The Hall–Kier alpha value is -2.01. The van der Waals surface area contributed by atoms with Crippen LogP contribution in [0.15, 0.2) is 41.8 Å². The van der Waals surface area contributed by atoms with E-state index >= 15 is 0 Å². The van der Waals surface area contributed by atoms with Crippen LogP contribution >= 0.6 is 0 Å². The fourth-order valence-corrected chi connectivity index (χ4v) is 2.48. The number of hydrogen-bond donors (Lipinski definition) is 0. The zero-order valence-electron chi connectivity index (χ0n) is 12.3. The molecule has 2 rings (SSSR count). The first kappa shape index (κ1) is 14.4. The molecular weight excluding hydrogens is 266 g/mol. The number of aryl methyl sites for hydroxylation is 1. The first-order chi connectivity index (χ1) is 9.44. The van der Waals surface area contributed by atoms with E-state index in [1.807, 2.05) is 25.1 Å². The van der Waals surface area contributed by atoms with E-state index in [1.54, 1.807) is 24.8 Å². The Bertz CT molecular complexity index is 606. The molecule has 0 fully saturated rings. The third-order valence-electron chi connectivity index (χ3n) is 2.45. The van der Waals surface area contributed by atoms with Crippen LogP contribution in [0, 0.1) is 6.92 Å². The summed E-state index contributed by atoms with van der Waals surface area (Å²) in [6.07, 6.45) is 6.67. The van der Waals surface area contributed by atoms with Crippen LogP contribution < -0.4 is 4.43 Å². The lowest BCUT2D eigenvalue weighted by Gasteiger charge is -2.20. The minimum absolute atomic E-state index is 0.729. The number of nitrogens with zero attached hydrogens (tertiary/aromatic N) is 3. The van der Waals surface area contributed by atoms with Crippen LogP contribution in [0.25, 0.3) is 0 Å². The lowest BCUT2D eigenvalue weighted by molar-refractivity contribution is 0.558. The van der Waals surface area contributed by atoms with Gasteiger partial charge in [0.2, 0.25) is 8.32 Å². The number of aromatic nitrogens is 2. The van der Waals surface area contributed by atoms with Crippen molar-refractivity contribution in [3.63, 3.8) is 0 Å². The Morgan fingerprint density at radius 3 is 2.65 bits per heavy atom. The van der Waals surface area contributed by atoms with E-state index in [0.29, 0.717) is 0 Å². The largest absolute Gasteiger partial charge is 0.543 e. The average Bonchev–Trinajstić information content (AvgIpc) is 2.37. The van der Waals surface area contributed by atoms with Gasteiger partial charge in [0.15, 0.2) is 0 Å². The summed E-state index contributed by atoms with van der Waals surface area (Å²) >= 11 is 0. The molecule has 1 aromatic heterocycles. The molecule has 5 heteroatoms. The van der Waals surface area contributed by atoms with Gasteiger partial charge in [-0.3, -0.25) is 15.0 Å². The predicted molar refractivity (Wildman–Crippen MR) is 84.4 cm³/mol. The van der Waals surface area contributed by atoms with Gasteiger partial charge in [-0.25, -0.2) is 0 Å². The van der Waals surface area contributed by atoms with Crippen molar-refractivity contribution in [2.75, 3.05) is 0 Å². The molecule has 0 N–H and O–H groups in total. The molecule has 4 nitrogen and oxygen atoms in total. The van der Waals surface area contributed by atoms with Crippen molar-refractivity contribution in [2.24, 2.45) is 4.99 Å². The minimum atomic E-state index is -1.66. The standard InChI is InChI=1S/C15H19N3OSi/c1-12-5-6-14(15(9-12)19-20(2,3)4)18-11-13-10-16-7-8-17-13/h5-11H,1-4H3. The van der Waals surface area contributed by atoms with Gasteiger partial charge in [-0.1, -0.05) is 6.07 Å². The molecule has 20 heavy (non-hydrogen) atoms. The van der Waals surface area contributed by atoms with Gasteiger partial charge in [0.05, 0.1) is 18.1 Å². The zero-order valence-corrected chi connectivity index (χ0v) is 13.3. The number of hydrogen-bond acceptors (Lipinski definition) is 4. The van der Waals surface area contributed by atoms with E-state index < -0.39 is 8.32 Å². The Morgan fingerprint density at radius 2 is 2.00 bits per heavy atom. The van der Waals surface area contributed by atoms with Gasteiger partial charge < -0.3 is 4.43 Å². The molecule has 0 radical (unpaired) electrons. The van der Waals surface area contributed by atoms with Crippen LogP contribution in [0.2, 0.25) is 19.6 Å². The first-order valence-electron chi connectivity index (χ1n) is 6.54. The SMILES string of the molecule is Cc1ccc(N=Cc2cnccn2)c(O[Si](C)(C)C)c1. The topological polar surface area (TPSA) is 47.4 Å². The summed E-state index contributed by atoms with van der Waals surface area (Å²) in [6, 6.07) is 6.03. The molecule has 0 amide bonds. The van der Waals surface area contributed by atoms with Crippen molar-refractivity contribution in [3.8, 4) is 5.75 Å². The quantitative estimate of drug-likeness (QED) is 0.635. The van der Waals surface area contributed by atoms with E-state index in [9.17, 15) is 0 Å². The molecule has 0 bridgehead atoms. The summed E-state index contributed by atoms with van der Waals surface area (Å²) in [4.78, 5) is 12.7. The molecule has 0 atom stereocenters. The normalized spacial score (nSPS) is 11.8. The average molecular weight is 285 g/mol. The highest BCUT2D eigenvalue weighted by Crippen LogP contribution is 2.30. The van der Waals surface area contributed by atoms with Crippen LogP contribution in [0.1, 0.15) is 11.3 Å². The Morgan fingerprint density at radius 1 is 1.20 bits per heavy atom. The van der Waals surface area contributed by atoms with Crippen LogP contribution in [-0.4, -0.2) is 24.5 Å². The van der Waals surface area contributed by atoms with Crippen molar-refractivity contribution < 1.29 is 4.43 Å². The van der Waals surface area contributed by atoms with E-state index in [0.717, 1.165) is 22.7 Å². The van der Waals surface area contributed by atoms with Gasteiger partial charge in [-0.05, 0) is 44.3 Å². The fraction of sp³-hybridized carbons (Fsp3) is 0.267. The molecule has 0 saturated carbocycles. The van der Waals surface area contributed by atoms with Gasteiger partial charge in [0.1, 0.15) is 11.4 Å². The summed E-state index contributed by atoms with van der Waals surface area (Å²) in [6.45, 7) is 8.52. The molecule has 0 spiro atoms. The molecule has 0 aliphatic carbocycles. The zero-order chi connectivity index (χ0) is 14.6. The van der Waals surface area contributed by atoms with Crippen molar-refractivity contribution >= 4 is 20.2 Å². The van der Waals surface area contributed by atoms with Gasteiger partial charge in [-0.15, -0.1) is 0 Å². The Labute approximate surface area is 120 Å². The maximum Gasteiger partial charge on any atom is 0.242 e. The molecule has 0 aliphatic heterocycles. The third-order valence-corrected chi connectivity index (χ3v) is 3.28. The van der Waals surface area contributed by atoms with E-state index in [4.69, 9.17) is 4.43 Å². The maximum atomic E-state index is 6.09. The van der Waals surface area contributed by atoms with Gasteiger partial charge in [0, 0.05) is 12.4 Å². The molecule has 104 valence electrons. The highest BCUT2D eigenvalue weighted by atomic mass is 28.4. The molecular formula is C15H19N3OSi. The monoisotopic (exact) mass is 285 g/mol. The molecule has 1 aromatic carbocycles. The Balaban J connectivity index is 2.29. The van der Waals surface area contributed by atoms with Gasteiger partial charge in [0.25, 0.3) is 0 Å². The van der Waals surface area contributed by atoms with Crippen LogP contribution in [0.3, 0.4) is 0 Å². The van der Waals surface area contributed by atoms with E-state index in [2.05, 4.69) is 34.6 Å². The number of rotatable bonds is 4. The van der Waals surface area contributed by atoms with Crippen LogP contribution in [-0.2, 0) is 0 Å². The summed E-state index contributed by atoms with van der Waals surface area (Å²) in [7, 11) is -1.66. The smallest absolute Gasteiger partial charge is 0.242 e. The molecule has 0 unspecified atom stereocenters. The number of benzene rings is 1. The summed E-state index contributed by atoms with van der Waals surface area (Å²) in [5.74, 6) is 0.837. The second-order valence-corrected chi connectivity index (χ2v) is 10.0. The molecule has 0 saturated heterocycles. The van der Waals surface area contributed by atoms with Crippen LogP contribution in [0.4, 0.5) is 5.69 Å². The maximum absolute atomic E-state index is 6.09. The summed E-state index contributed by atoms with van der Waals surface area (Å²) < 4.78 is 6.09. The fourth-order valence-electron chi connectivity index (χ4n) is 1.65. The second-order valence-electron chi connectivity index (χ2n) is 5.57. The van der Waals surface area contributed by atoms with E-state index in [1.165, 1.54) is 0 Å². The van der Waals surface area contributed by atoms with Crippen molar-refractivity contribution in [1.82, 2.24) is 9.97 Å². The Kier molecular flexibility index (Phi) is 4.29. The second kappa shape index (κ2) is 5.96. The lowest BCUT2D eigenvalue weighted by atomic mass is 10.2. The predicted octanol–water partition coefficient (Wildman–Crippen LogP) is 3.75. The highest BCUT2D eigenvalue weighted by Gasteiger charge is 2.18. The molecule has 0 aliphatic rings. The summed E-state index contributed by atoms with van der Waals surface area (Å²) in [5, 5.41) is 0. The molecule has 1 heterocycles. The third kappa shape index (κ3) is 4.27. The lowest BCUT2D eigenvalue weighted by Crippen LogP contribution is -2.29. The molecule has 2 aromatic rings. The van der Waals surface area contributed by atoms with Crippen molar-refractivity contribution in [2.45, 2.75) is 26.6 Å². The van der Waals surface area contributed by atoms with Crippen LogP contribution in [0.5, 0.6) is 5.75 Å². The van der Waals surface area contributed by atoms with Crippen molar-refractivity contribution in [3.05, 3.63) is 48.0 Å². The number of aliphatic imine (C=N–C) groups is 1. The van der Waals surface area contributed by atoms with Gasteiger partial charge in [-0.2, -0.15) is 0 Å². The van der Waals surface area contributed by atoms with Crippen molar-refractivity contribution in [1.29, 1.82) is 0 Å². The summed E-state index contributed by atoms with van der Waals surface area (Å²) in [5.41, 5.74) is 2.72. The highest BCUT2D eigenvalue weighted by molar-refractivity contribution is 6.70. The van der Waals surface area contributed by atoms with E-state index in [-0.39, 0.29) is 0 Å².